The number of ketones is 1. The molecule has 1 fully saturated rings. The summed E-state index contributed by atoms with van der Waals surface area (Å²) in [5, 5.41) is 2.04. The van der Waals surface area contributed by atoms with Crippen molar-refractivity contribution in [3.8, 4) is 0 Å². The summed E-state index contributed by atoms with van der Waals surface area (Å²) in [6.45, 7) is 2.24. The largest absolute Gasteiger partial charge is 0.299 e. The highest BCUT2D eigenvalue weighted by Gasteiger charge is 2.26. The van der Waals surface area contributed by atoms with E-state index < -0.39 is 0 Å². The Balaban J connectivity index is 1.94. The molecule has 1 saturated carbocycles. The summed E-state index contributed by atoms with van der Waals surface area (Å²) in [5.41, 5.74) is 0. The van der Waals surface area contributed by atoms with Crippen molar-refractivity contribution in [1.29, 1.82) is 0 Å². The van der Waals surface area contributed by atoms with Crippen molar-refractivity contribution in [2.45, 2.75) is 45.4 Å². The van der Waals surface area contributed by atoms with Gasteiger partial charge in [-0.1, -0.05) is 26.2 Å². The van der Waals surface area contributed by atoms with Crippen LogP contribution in [0.4, 0.5) is 0 Å². The summed E-state index contributed by atoms with van der Waals surface area (Å²) < 4.78 is 1.10. The van der Waals surface area contributed by atoms with Gasteiger partial charge in [0.2, 0.25) is 0 Å². The number of Topliss-reactive ketones (excluding diaryl/α,β-unsaturated/α-hetero) is 1. The summed E-state index contributed by atoms with van der Waals surface area (Å²) >= 11 is 5.18. The minimum Gasteiger partial charge on any atom is -0.299 e. The van der Waals surface area contributed by atoms with Gasteiger partial charge in [-0.3, -0.25) is 4.79 Å². The maximum atomic E-state index is 12.3. The fourth-order valence-corrected chi connectivity index (χ4v) is 4.21. The summed E-state index contributed by atoms with van der Waals surface area (Å²) in [6, 6.07) is 2.03. The molecule has 1 aromatic rings. The zero-order chi connectivity index (χ0) is 12.3. The Labute approximate surface area is 116 Å². The summed E-state index contributed by atoms with van der Waals surface area (Å²) in [4.78, 5) is 13.5. The van der Waals surface area contributed by atoms with Gasteiger partial charge in [0.15, 0.2) is 0 Å². The molecule has 0 N–H and O–H groups in total. The average Bonchev–Trinajstić information content (AvgIpc) is 2.75. The predicted molar refractivity (Wildman–Crippen MR) is 76.5 cm³/mol. The van der Waals surface area contributed by atoms with Gasteiger partial charge in [-0.2, -0.15) is 0 Å². The smallest absolute Gasteiger partial charge is 0.141 e. The van der Waals surface area contributed by atoms with Crippen LogP contribution in [-0.4, -0.2) is 5.78 Å². The molecule has 2 atom stereocenters. The van der Waals surface area contributed by atoms with Crippen molar-refractivity contribution >= 4 is 33.0 Å². The molecule has 0 bridgehead atoms. The van der Waals surface area contributed by atoms with E-state index in [1.165, 1.54) is 24.1 Å². The maximum absolute atomic E-state index is 12.3. The molecule has 2 rings (SSSR count). The molecule has 1 aliphatic rings. The van der Waals surface area contributed by atoms with Crippen molar-refractivity contribution in [3.05, 3.63) is 20.8 Å². The fourth-order valence-electron chi connectivity index (χ4n) is 2.71. The van der Waals surface area contributed by atoms with E-state index in [2.05, 4.69) is 22.9 Å². The molecule has 0 spiro atoms. The molecule has 94 valence electrons. The lowest BCUT2D eigenvalue weighted by Crippen LogP contribution is -2.23. The second kappa shape index (κ2) is 6.14. The highest BCUT2D eigenvalue weighted by Crippen LogP contribution is 2.33. The van der Waals surface area contributed by atoms with E-state index in [1.807, 2.05) is 11.4 Å². The molecule has 1 aromatic heterocycles. The van der Waals surface area contributed by atoms with E-state index in [0.29, 0.717) is 18.1 Å². The summed E-state index contributed by atoms with van der Waals surface area (Å²) in [6.07, 6.45) is 6.64. The monoisotopic (exact) mass is 314 g/mol. The number of carbonyl (C=O) groups is 1. The molecule has 2 unspecified atom stereocenters. The van der Waals surface area contributed by atoms with E-state index in [9.17, 15) is 4.79 Å². The van der Waals surface area contributed by atoms with Gasteiger partial charge < -0.3 is 0 Å². The van der Waals surface area contributed by atoms with Crippen molar-refractivity contribution < 1.29 is 4.79 Å². The topological polar surface area (TPSA) is 17.1 Å². The molecule has 1 heterocycles. The average molecular weight is 315 g/mol. The van der Waals surface area contributed by atoms with Crippen LogP contribution in [0.3, 0.4) is 0 Å². The lowest BCUT2D eigenvalue weighted by Gasteiger charge is -2.27. The standard InChI is InChI=1S/C14H19BrOS/c1-2-10-4-3-5-11(8-10)13(16)9-14-12(15)6-7-17-14/h6-7,10-11H,2-5,8-9H2,1H3. The SMILES string of the molecule is CCC1CCCC(C(=O)Cc2sccc2Br)C1. The Morgan fingerprint density at radius 2 is 2.35 bits per heavy atom. The molecular formula is C14H19BrOS. The van der Waals surface area contributed by atoms with Gasteiger partial charge in [0.25, 0.3) is 0 Å². The molecule has 3 heteroatoms. The second-order valence-electron chi connectivity index (χ2n) is 4.97. The first kappa shape index (κ1) is 13.3. The van der Waals surface area contributed by atoms with E-state index in [0.717, 1.165) is 23.2 Å². The quantitative estimate of drug-likeness (QED) is 0.777. The molecule has 1 aliphatic carbocycles. The number of thiophene rings is 1. The number of carbonyl (C=O) groups excluding carboxylic acids is 1. The molecule has 0 amide bonds. The Morgan fingerprint density at radius 1 is 1.53 bits per heavy atom. The number of halogens is 1. The van der Waals surface area contributed by atoms with Crippen LogP contribution in [0.1, 0.15) is 43.9 Å². The van der Waals surface area contributed by atoms with E-state index in [-0.39, 0.29) is 0 Å². The van der Waals surface area contributed by atoms with Crippen molar-refractivity contribution in [1.82, 2.24) is 0 Å². The number of rotatable bonds is 4. The van der Waals surface area contributed by atoms with Crippen LogP contribution in [-0.2, 0) is 11.2 Å². The first-order valence-corrected chi connectivity index (χ1v) is 8.12. The molecule has 0 radical (unpaired) electrons. The first-order valence-electron chi connectivity index (χ1n) is 6.45. The van der Waals surface area contributed by atoms with Crippen LogP contribution in [0.25, 0.3) is 0 Å². The van der Waals surface area contributed by atoms with Crippen LogP contribution in [0.15, 0.2) is 15.9 Å². The van der Waals surface area contributed by atoms with Crippen LogP contribution < -0.4 is 0 Å². The number of hydrogen-bond acceptors (Lipinski definition) is 2. The Bertz CT molecular complexity index is 385. The lowest BCUT2D eigenvalue weighted by molar-refractivity contribution is -0.123. The molecule has 0 aliphatic heterocycles. The van der Waals surface area contributed by atoms with Crippen molar-refractivity contribution in [3.63, 3.8) is 0 Å². The minimum atomic E-state index is 0.322. The van der Waals surface area contributed by atoms with Gasteiger partial charge in [-0.25, -0.2) is 0 Å². The van der Waals surface area contributed by atoms with Gasteiger partial charge in [-0.15, -0.1) is 11.3 Å². The van der Waals surface area contributed by atoms with Crippen molar-refractivity contribution in [2.24, 2.45) is 11.8 Å². The normalized spacial score (nSPS) is 24.8. The zero-order valence-corrected chi connectivity index (χ0v) is 12.6. The third-order valence-corrected chi connectivity index (χ3v) is 5.77. The van der Waals surface area contributed by atoms with Crippen LogP contribution in [0.2, 0.25) is 0 Å². The van der Waals surface area contributed by atoms with E-state index in [1.54, 1.807) is 11.3 Å². The third-order valence-electron chi connectivity index (χ3n) is 3.84. The van der Waals surface area contributed by atoms with Crippen LogP contribution in [0, 0.1) is 11.8 Å². The minimum absolute atomic E-state index is 0.322. The molecule has 0 saturated heterocycles. The maximum Gasteiger partial charge on any atom is 0.141 e. The van der Waals surface area contributed by atoms with Crippen LogP contribution in [0.5, 0.6) is 0 Å². The van der Waals surface area contributed by atoms with Gasteiger partial charge in [0.05, 0.1) is 0 Å². The van der Waals surface area contributed by atoms with Gasteiger partial charge in [-0.05, 0) is 46.1 Å². The van der Waals surface area contributed by atoms with E-state index >= 15 is 0 Å². The van der Waals surface area contributed by atoms with Gasteiger partial charge in [0, 0.05) is 21.7 Å². The highest BCUT2D eigenvalue weighted by molar-refractivity contribution is 9.10. The van der Waals surface area contributed by atoms with Crippen LogP contribution >= 0.6 is 27.3 Å². The Morgan fingerprint density at radius 3 is 3.00 bits per heavy atom. The second-order valence-corrected chi connectivity index (χ2v) is 6.83. The van der Waals surface area contributed by atoms with Crippen molar-refractivity contribution in [2.75, 3.05) is 0 Å². The Kier molecular flexibility index (Phi) is 4.80. The fraction of sp³-hybridized carbons (Fsp3) is 0.643. The summed E-state index contributed by atoms with van der Waals surface area (Å²) in [7, 11) is 0. The molecule has 1 nitrogen and oxygen atoms in total. The van der Waals surface area contributed by atoms with Gasteiger partial charge in [0.1, 0.15) is 5.78 Å². The predicted octanol–water partition coefficient (Wildman–Crippen LogP) is 4.84. The molecule has 17 heavy (non-hydrogen) atoms. The number of hydrogen-bond donors (Lipinski definition) is 0. The lowest BCUT2D eigenvalue weighted by atomic mass is 9.77. The third kappa shape index (κ3) is 3.41. The summed E-state index contributed by atoms with van der Waals surface area (Å²) in [5.74, 6) is 1.55. The Hall–Kier alpha value is -0.150. The van der Waals surface area contributed by atoms with E-state index in [4.69, 9.17) is 0 Å². The molecule has 0 aromatic carbocycles. The molecular weight excluding hydrogens is 296 g/mol. The first-order chi connectivity index (χ1) is 8.20. The van der Waals surface area contributed by atoms with Gasteiger partial charge >= 0.3 is 0 Å². The zero-order valence-electron chi connectivity index (χ0n) is 10.2. The highest BCUT2D eigenvalue weighted by atomic mass is 79.9.